The molecular formula is C45H50N2O5S. The minimum Gasteiger partial charge on any atom is -0.748 e. The first-order valence-electron chi connectivity index (χ1n) is 18.7. The molecule has 1 N–H and O–H groups in total. The van der Waals surface area contributed by atoms with Crippen molar-refractivity contribution in [2.45, 2.75) is 77.0 Å². The molecule has 0 atom stereocenters. The highest BCUT2D eigenvalue weighted by Crippen LogP contribution is 2.51. The SMILES string of the molecule is CC1(C)C(/C=C/C=C/C=C/C=C2\N(CCCCS(=O)(=O)[O-])c3ccc4ccccc4c3C2(C)C)=[N+](CCCCCC(=O)O)c2ccc3ccccc3c21. The standard InChI is InChI=1S/C45H50N2O5S/c1-44(2)39(46(30-16-8-11-25-41(48)49)37-28-26-33-19-12-14-21-35(33)42(37)44)23-9-6-5-7-10-24-40-45(3,4)43-36-22-15-13-20-34(36)27-29-38(43)47(40)31-17-18-32-53(50,51)52/h5-7,9-10,12-15,19-24,26-29H,8,11,16-18,25,30-32H2,1-4H3,(H-,48,49,50,51,52). The van der Waals surface area contributed by atoms with Crippen molar-refractivity contribution in [3.05, 3.63) is 132 Å². The lowest BCUT2D eigenvalue weighted by Crippen LogP contribution is -2.28. The molecule has 0 aromatic heterocycles. The van der Waals surface area contributed by atoms with E-state index in [0.29, 0.717) is 25.8 Å². The Balaban J connectivity index is 1.24. The Kier molecular flexibility index (Phi) is 11.2. The van der Waals surface area contributed by atoms with Gasteiger partial charge in [-0.1, -0.05) is 98.8 Å². The average Bonchev–Trinajstić information content (AvgIpc) is 3.47. The second kappa shape index (κ2) is 15.7. The topological polar surface area (TPSA) is 101 Å². The number of carbonyl (C=O) groups is 1. The van der Waals surface area contributed by atoms with Gasteiger partial charge in [-0.05, 0) is 84.8 Å². The van der Waals surface area contributed by atoms with Crippen molar-refractivity contribution in [2.24, 2.45) is 0 Å². The van der Waals surface area contributed by atoms with Gasteiger partial charge in [-0.3, -0.25) is 4.79 Å². The lowest BCUT2D eigenvalue weighted by Gasteiger charge is -2.27. The van der Waals surface area contributed by atoms with E-state index in [1.54, 1.807) is 0 Å². The van der Waals surface area contributed by atoms with Gasteiger partial charge in [-0.15, -0.1) is 0 Å². The van der Waals surface area contributed by atoms with Gasteiger partial charge in [0.25, 0.3) is 0 Å². The number of anilines is 1. The summed E-state index contributed by atoms with van der Waals surface area (Å²) in [5.74, 6) is -1.10. The van der Waals surface area contributed by atoms with Gasteiger partial charge in [0.1, 0.15) is 6.54 Å². The van der Waals surface area contributed by atoms with Gasteiger partial charge in [0.15, 0.2) is 5.71 Å². The van der Waals surface area contributed by atoms with Gasteiger partial charge in [0.2, 0.25) is 5.69 Å². The summed E-state index contributed by atoms with van der Waals surface area (Å²) in [5.41, 5.74) is 6.73. The van der Waals surface area contributed by atoms with Gasteiger partial charge < -0.3 is 14.6 Å². The molecule has 8 heteroatoms. The molecular weight excluding hydrogens is 681 g/mol. The van der Waals surface area contributed by atoms with Gasteiger partial charge in [0.05, 0.1) is 15.5 Å². The van der Waals surface area contributed by atoms with Gasteiger partial charge in [-0.25, -0.2) is 8.42 Å². The third kappa shape index (κ3) is 8.09. The zero-order valence-electron chi connectivity index (χ0n) is 31.2. The van der Waals surface area contributed by atoms with Crippen molar-refractivity contribution < 1.29 is 27.4 Å². The number of aliphatic carboxylic acids is 1. The maximum Gasteiger partial charge on any atom is 0.303 e. The molecule has 0 spiro atoms. The van der Waals surface area contributed by atoms with Crippen molar-refractivity contribution in [3.8, 4) is 0 Å². The maximum absolute atomic E-state index is 11.3. The van der Waals surface area contributed by atoms with Crippen LogP contribution >= 0.6 is 0 Å². The molecule has 0 saturated heterocycles. The molecule has 2 aliphatic heterocycles. The summed E-state index contributed by atoms with van der Waals surface area (Å²) in [6.45, 7) is 10.5. The Labute approximate surface area is 314 Å². The molecule has 2 heterocycles. The van der Waals surface area contributed by atoms with Gasteiger partial charge in [-0.2, -0.15) is 4.58 Å². The predicted molar refractivity (Wildman–Crippen MR) is 216 cm³/mol. The number of benzene rings is 4. The van der Waals surface area contributed by atoms with Gasteiger partial charge >= 0.3 is 5.97 Å². The number of nitrogens with zero attached hydrogens (tertiary/aromatic N) is 2. The summed E-state index contributed by atoms with van der Waals surface area (Å²) in [7, 11) is -4.25. The number of allylic oxidation sites excluding steroid dienone is 8. The number of carboxylic acid groups (broad SMARTS) is 1. The van der Waals surface area contributed by atoms with Crippen LogP contribution in [0.25, 0.3) is 21.5 Å². The van der Waals surface area contributed by atoms with E-state index in [1.165, 1.54) is 44.1 Å². The largest absolute Gasteiger partial charge is 0.748 e. The van der Waals surface area contributed by atoms with E-state index in [2.05, 4.69) is 128 Å². The minimum absolute atomic E-state index is 0.201. The van der Waals surface area contributed by atoms with Crippen molar-refractivity contribution in [1.29, 1.82) is 0 Å². The number of unbranched alkanes of at least 4 members (excludes halogenated alkanes) is 3. The number of hydrogen-bond acceptors (Lipinski definition) is 5. The highest BCUT2D eigenvalue weighted by Gasteiger charge is 2.45. The molecule has 4 aromatic rings. The van der Waals surface area contributed by atoms with E-state index in [-0.39, 0.29) is 23.0 Å². The van der Waals surface area contributed by atoms with Crippen molar-refractivity contribution in [1.82, 2.24) is 0 Å². The van der Waals surface area contributed by atoms with Crippen LogP contribution in [-0.4, -0.2) is 53.2 Å². The quantitative estimate of drug-likeness (QED) is 0.0566. The van der Waals surface area contributed by atoms with E-state index in [1.807, 2.05) is 24.3 Å². The Bertz CT molecular complexity index is 2290. The van der Waals surface area contributed by atoms with E-state index in [0.717, 1.165) is 30.8 Å². The third-order valence-electron chi connectivity index (χ3n) is 10.8. The zero-order chi connectivity index (χ0) is 37.8. The van der Waals surface area contributed by atoms with Crippen LogP contribution in [-0.2, 0) is 25.7 Å². The molecule has 7 nitrogen and oxygen atoms in total. The first-order valence-corrected chi connectivity index (χ1v) is 20.2. The number of hydrogen-bond donors (Lipinski definition) is 1. The molecule has 0 radical (unpaired) electrons. The van der Waals surface area contributed by atoms with Crippen LogP contribution in [0, 0.1) is 0 Å². The molecule has 4 aromatic carbocycles. The van der Waals surface area contributed by atoms with E-state index in [4.69, 9.17) is 5.11 Å². The normalized spacial score (nSPS) is 17.4. The molecule has 6 rings (SSSR count). The highest BCUT2D eigenvalue weighted by molar-refractivity contribution is 7.85. The third-order valence-corrected chi connectivity index (χ3v) is 11.5. The van der Waals surface area contributed by atoms with Crippen LogP contribution in [0.1, 0.15) is 77.3 Å². The summed E-state index contributed by atoms with van der Waals surface area (Å²) < 4.78 is 36.2. The fourth-order valence-electron chi connectivity index (χ4n) is 8.31. The van der Waals surface area contributed by atoms with Crippen LogP contribution in [0.3, 0.4) is 0 Å². The molecule has 2 aliphatic rings. The maximum atomic E-state index is 11.3. The van der Waals surface area contributed by atoms with Crippen LogP contribution in [0.2, 0.25) is 0 Å². The van der Waals surface area contributed by atoms with E-state index < -0.39 is 16.1 Å². The lowest BCUT2D eigenvalue weighted by atomic mass is 9.79. The Morgan fingerprint density at radius 3 is 2.09 bits per heavy atom. The van der Waals surface area contributed by atoms with Crippen molar-refractivity contribution in [2.75, 3.05) is 23.7 Å². The zero-order valence-corrected chi connectivity index (χ0v) is 32.0. The van der Waals surface area contributed by atoms with Crippen LogP contribution in [0.5, 0.6) is 0 Å². The molecule has 276 valence electrons. The fourth-order valence-corrected chi connectivity index (χ4v) is 8.87. The van der Waals surface area contributed by atoms with Crippen LogP contribution in [0.15, 0.2) is 121 Å². The molecule has 53 heavy (non-hydrogen) atoms. The first kappa shape index (κ1) is 38.0. The summed E-state index contributed by atoms with van der Waals surface area (Å²) in [6.07, 6.45) is 18.2. The van der Waals surface area contributed by atoms with Crippen LogP contribution in [0.4, 0.5) is 11.4 Å². The molecule has 0 saturated carbocycles. The molecule has 0 unspecified atom stereocenters. The summed E-state index contributed by atoms with van der Waals surface area (Å²) >= 11 is 0. The number of rotatable bonds is 15. The molecule has 0 amide bonds. The smallest absolute Gasteiger partial charge is 0.303 e. The van der Waals surface area contributed by atoms with E-state index >= 15 is 0 Å². The summed E-state index contributed by atoms with van der Waals surface area (Å²) in [5, 5.41) is 14.0. The minimum atomic E-state index is -4.25. The second-order valence-corrected chi connectivity index (χ2v) is 16.7. The van der Waals surface area contributed by atoms with Crippen molar-refractivity contribution in [3.63, 3.8) is 0 Å². The van der Waals surface area contributed by atoms with E-state index in [9.17, 15) is 17.8 Å². The Hall–Kier alpha value is -4.79. The average molecular weight is 731 g/mol. The van der Waals surface area contributed by atoms with Crippen molar-refractivity contribution >= 4 is 54.7 Å². The molecule has 0 aliphatic carbocycles. The summed E-state index contributed by atoms with van der Waals surface area (Å²) in [4.78, 5) is 13.3. The predicted octanol–water partition coefficient (Wildman–Crippen LogP) is 9.69. The second-order valence-electron chi connectivity index (χ2n) is 15.2. The van der Waals surface area contributed by atoms with Gasteiger partial charge in [0, 0.05) is 59.6 Å². The Morgan fingerprint density at radius 1 is 0.755 bits per heavy atom. The molecule has 0 bridgehead atoms. The number of fused-ring (bicyclic) bond motifs is 6. The first-order chi connectivity index (χ1) is 25.3. The summed E-state index contributed by atoms with van der Waals surface area (Å²) in [6, 6.07) is 25.7. The lowest BCUT2D eigenvalue weighted by molar-refractivity contribution is -0.438. The van der Waals surface area contributed by atoms with Crippen LogP contribution < -0.4 is 4.90 Å². The Morgan fingerprint density at radius 2 is 1.40 bits per heavy atom. The fraction of sp³-hybridized carbons (Fsp3) is 0.333. The highest BCUT2D eigenvalue weighted by atomic mass is 32.2. The molecule has 0 fully saturated rings. The number of carboxylic acids is 1. The monoisotopic (exact) mass is 730 g/mol.